The van der Waals surface area contributed by atoms with Crippen LogP contribution in [0, 0.1) is 17.3 Å². The normalized spacial score (nSPS) is 22.0. The Hall–Kier alpha value is -2.37. The minimum absolute atomic E-state index is 0.179. The van der Waals surface area contributed by atoms with Crippen molar-refractivity contribution in [1.82, 2.24) is 9.80 Å². The van der Waals surface area contributed by atoms with Crippen molar-refractivity contribution in [3.05, 3.63) is 35.4 Å². The second-order valence-corrected chi connectivity index (χ2v) is 9.75. The summed E-state index contributed by atoms with van der Waals surface area (Å²) in [6.07, 6.45) is 1.84. The zero-order valence-corrected chi connectivity index (χ0v) is 17.0. The lowest BCUT2D eigenvalue weighted by Crippen LogP contribution is -2.65. The maximum absolute atomic E-state index is 12.5. The van der Waals surface area contributed by atoms with E-state index in [2.05, 4.69) is 6.92 Å². The van der Waals surface area contributed by atoms with Crippen molar-refractivity contribution in [2.24, 2.45) is 17.3 Å². The topological polar surface area (TPSA) is 66.9 Å². The highest BCUT2D eigenvalue weighted by molar-refractivity contribution is 6.21. The molecular weight excluding hydrogens is 356 g/mol. The van der Waals surface area contributed by atoms with Gasteiger partial charge in [-0.05, 0) is 57.6 Å². The number of ether oxygens (including phenoxy) is 1. The Kier molecular flexibility index (Phi) is 4.28. The van der Waals surface area contributed by atoms with Gasteiger partial charge in [0.25, 0.3) is 11.8 Å². The first-order chi connectivity index (χ1) is 13.1. The Morgan fingerprint density at radius 1 is 1.14 bits per heavy atom. The van der Waals surface area contributed by atoms with Crippen LogP contribution in [0.5, 0.6) is 0 Å². The summed E-state index contributed by atoms with van der Waals surface area (Å²) >= 11 is 0. The fourth-order valence-corrected chi connectivity index (χ4v) is 4.77. The van der Waals surface area contributed by atoms with E-state index in [1.807, 2.05) is 20.8 Å². The molecule has 1 aliphatic carbocycles. The van der Waals surface area contributed by atoms with Crippen molar-refractivity contribution in [1.29, 1.82) is 0 Å². The van der Waals surface area contributed by atoms with Crippen molar-refractivity contribution >= 4 is 17.9 Å². The SMILES string of the molecule is CC(CN1C(=O)c2ccccc2C1=O)C1CC2(C1)CN(C(=O)OC(C)(C)C)C2. The van der Waals surface area contributed by atoms with E-state index in [4.69, 9.17) is 4.74 Å². The van der Waals surface area contributed by atoms with Crippen LogP contribution >= 0.6 is 0 Å². The van der Waals surface area contributed by atoms with Gasteiger partial charge in [0.15, 0.2) is 0 Å². The van der Waals surface area contributed by atoms with Crippen molar-refractivity contribution in [3.8, 4) is 0 Å². The van der Waals surface area contributed by atoms with Crippen LogP contribution in [0.15, 0.2) is 24.3 Å². The van der Waals surface area contributed by atoms with Crippen molar-refractivity contribution in [3.63, 3.8) is 0 Å². The lowest BCUT2D eigenvalue weighted by Gasteiger charge is -2.60. The summed E-state index contributed by atoms with van der Waals surface area (Å²) in [5.74, 6) is 0.371. The summed E-state index contributed by atoms with van der Waals surface area (Å²) in [7, 11) is 0. The van der Waals surface area contributed by atoms with Gasteiger partial charge in [-0.25, -0.2) is 4.79 Å². The molecule has 0 aromatic heterocycles. The van der Waals surface area contributed by atoms with E-state index in [-0.39, 0.29) is 29.2 Å². The summed E-state index contributed by atoms with van der Waals surface area (Å²) in [5, 5.41) is 0. The molecule has 4 rings (SSSR count). The Bertz CT molecular complexity index is 792. The maximum atomic E-state index is 12.5. The number of carbonyl (C=O) groups is 3. The van der Waals surface area contributed by atoms with Gasteiger partial charge in [-0.2, -0.15) is 0 Å². The number of imide groups is 1. The first kappa shape index (κ1) is 19.0. The number of carbonyl (C=O) groups excluding carboxylic acids is 3. The highest BCUT2D eigenvalue weighted by Gasteiger charge is 2.55. The third-order valence-corrected chi connectivity index (χ3v) is 6.25. The first-order valence-electron chi connectivity index (χ1n) is 10.0. The number of benzene rings is 1. The van der Waals surface area contributed by atoms with Crippen LogP contribution in [0.3, 0.4) is 0 Å². The monoisotopic (exact) mass is 384 g/mol. The lowest BCUT2D eigenvalue weighted by molar-refractivity contribution is -0.107. The lowest BCUT2D eigenvalue weighted by atomic mass is 9.55. The van der Waals surface area contributed by atoms with Crippen molar-refractivity contribution in [2.75, 3.05) is 19.6 Å². The summed E-state index contributed by atoms with van der Waals surface area (Å²) in [4.78, 5) is 40.4. The predicted molar refractivity (Wildman–Crippen MR) is 104 cm³/mol. The van der Waals surface area contributed by atoms with Gasteiger partial charge < -0.3 is 9.64 Å². The van der Waals surface area contributed by atoms with Gasteiger partial charge >= 0.3 is 6.09 Å². The number of hydrogen-bond acceptors (Lipinski definition) is 4. The van der Waals surface area contributed by atoms with Crippen LogP contribution in [-0.2, 0) is 4.74 Å². The summed E-state index contributed by atoms with van der Waals surface area (Å²) in [5.41, 5.74) is 0.759. The molecule has 0 bridgehead atoms. The second-order valence-electron chi connectivity index (χ2n) is 9.75. The minimum atomic E-state index is -0.469. The second kappa shape index (κ2) is 6.33. The largest absolute Gasteiger partial charge is 0.444 e. The Balaban J connectivity index is 1.28. The highest BCUT2D eigenvalue weighted by Crippen LogP contribution is 2.54. The van der Waals surface area contributed by atoms with Gasteiger partial charge in [-0.3, -0.25) is 14.5 Å². The molecule has 1 aromatic rings. The number of hydrogen-bond donors (Lipinski definition) is 0. The van der Waals surface area contributed by atoms with E-state index < -0.39 is 5.60 Å². The first-order valence-corrected chi connectivity index (χ1v) is 10.0. The molecule has 2 fully saturated rings. The molecule has 1 saturated heterocycles. The molecule has 1 atom stereocenters. The van der Waals surface area contributed by atoms with Gasteiger partial charge in [0.2, 0.25) is 0 Å². The predicted octanol–water partition coefficient (Wildman–Crippen LogP) is 3.57. The van der Waals surface area contributed by atoms with Gasteiger partial charge in [0.1, 0.15) is 5.60 Å². The number of likely N-dealkylation sites (tertiary alicyclic amines) is 1. The summed E-state index contributed by atoms with van der Waals surface area (Å²) in [6.45, 7) is 9.70. The summed E-state index contributed by atoms with van der Waals surface area (Å²) in [6, 6.07) is 7.02. The highest BCUT2D eigenvalue weighted by atomic mass is 16.6. The molecular formula is C22H28N2O4. The Labute approximate surface area is 165 Å². The molecule has 2 aliphatic heterocycles. The van der Waals surface area contributed by atoms with Crippen LogP contribution in [0.4, 0.5) is 4.79 Å². The van der Waals surface area contributed by atoms with Crippen LogP contribution in [0.25, 0.3) is 0 Å². The molecule has 1 unspecified atom stereocenters. The molecule has 1 saturated carbocycles. The number of rotatable bonds is 3. The van der Waals surface area contributed by atoms with E-state index in [0.29, 0.717) is 23.6 Å². The fourth-order valence-electron chi connectivity index (χ4n) is 4.77. The van der Waals surface area contributed by atoms with E-state index in [9.17, 15) is 14.4 Å². The molecule has 6 nitrogen and oxygen atoms in total. The quantitative estimate of drug-likeness (QED) is 0.747. The van der Waals surface area contributed by atoms with Crippen LogP contribution in [0.1, 0.15) is 61.3 Å². The zero-order valence-electron chi connectivity index (χ0n) is 17.0. The number of amides is 3. The van der Waals surface area contributed by atoms with Crippen LogP contribution < -0.4 is 0 Å². The van der Waals surface area contributed by atoms with E-state index in [1.165, 1.54) is 4.90 Å². The van der Waals surface area contributed by atoms with E-state index in [1.54, 1.807) is 29.2 Å². The van der Waals surface area contributed by atoms with Crippen LogP contribution in [0.2, 0.25) is 0 Å². The average Bonchev–Trinajstić information content (AvgIpc) is 2.76. The van der Waals surface area contributed by atoms with Gasteiger partial charge in [0, 0.05) is 25.0 Å². The molecule has 1 spiro atoms. The zero-order chi connectivity index (χ0) is 20.3. The standard InChI is InChI=1S/C22H28N2O4/c1-14(11-24-18(25)16-7-5-6-8-17(16)19(24)26)15-9-22(10-15)12-23(13-22)20(27)28-21(2,3)4/h5-8,14-15H,9-13H2,1-4H3. The molecule has 0 N–H and O–H groups in total. The number of nitrogens with zero attached hydrogens (tertiary/aromatic N) is 2. The van der Waals surface area contributed by atoms with Crippen LogP contribution in [-0.4, -0.2) is 52.9 Å². The minimum Gasteiger partial charge on any atom is -0.444 e. The molecule has 3 amide bonds. The molecule has 6 heteroatoms. The molecule has 2 heterocycles. The molecule has 1 aromatic carbocycles. The Morgan fingerprint density at radius 3 is 2.18 bits per heavy atom. The van der Waals surface area contributed by atoms with Gasteiger partial charge in [-0.1, -0.05) is 19.1 Å². The molecule has 150 valence electrons. The van der Waals surface area contributed by atoms with E-state index in [0.717, 1.165) is 25.9 Å². The van der Waals surface area contributed by atoms with Gasteiger partial charge in [0.05, 0.1) is 11.1 Å². The number of fused-ring (bicyclic) bond motifs is 1. The van der Waals surface area contributed by atoms with Gasteiger partial charge in [-0.15, -0.1) is 0 Å². The molecule has 3 aliphatic rings. The fraction of sp³-hybridized carbons (Fsp3) is 0.591. The molecule has 0 radical (unpaired) electrons. The van der Waals surface area contributed by atoms with Crippen molar-refractivity contribution < 1.29 is 19.1 Å². The van der Waals surface area contributed by atoms with E-state index >= 15 is 0 Å². The third kappa shape index (κ3) is 3.19. The average molecular weight is 384 g/mol. The summed E-state index contributed by atoms with van der Waals surface area (Å²) < 4.78 is 5.43. The maximum Gasteiger partial charge on any atom is 0.410 e. The third-order valence-electron chi connectivity index (χ3n) is 6.25. The Morgan fingerprint density at radius 2 is 1.68 bits per heavy atom. The smallest absolute Gasteiger partial charge is 0.410 e. The van der Waals surface area contributed by atoms with Crippen molar-refractivity contribution in [2.45, 2.75) is 46.1 Å². The molecule has 28 heavy (non-hydrogen) atoms.